The number of nitrogens with two attached hydrogens (primary N) is 1. The first-order valence-corrected chi connectivity index (χ1v) is 8.99. The van der Waals surface area contributed by atoms with Crippen LogP contribution in [0.15, 0.2) is 48.5 Å². The van der Waals surface area contributed by atoms with Crippen molar-refractivity contribution in [1.82, 2.24) is 9.97 Å². The Labute approximate surface area is 173 Å². The number of ether oxygens (including phenoxy) is 2. The first-order chi connectivity index (χ1) is 14.4. The molecule has 3 rings (SSSR count). The highest BCUT2D eigenvalue weighted by Gasteiger charge is 2.25. The molecular weight excluding hydrogens is 388 g/mol. The summed E-state index contributed by atoms with van der Waals surface area (Å²) in [7, 11) is 4.80. The third-order valence-corrected chi connectivity index (χ3v) is 4.35. The molecule has 0 unspecified atom stereocenters. The van der Waals surface area contributed by atoms with E-state index < -0.39 is 10.6 Å². The first-order valence-electron chi connectivity index (χ1n) is 8.99. The maximum Gasteiger partial charge on any atom is 0.353 e. The summed E-state index contributed by atoms with van der Waals surface area (Å²) in [6.07, 6.45) is 0. The Morgan fingerprint density at radius 3 is 2.50 bits per heavy atom. The van der Waals surface area contributed by atoms with Crippen molar-refractivity contribution < 1.29 is 14.4 Å². The highest BCUT2D eigenvalue weighted by Crippen LogP contribution is 2.36. The summed E-state index contributed by atoms with van der Waals surface area (Å²) in [6, 6.07) is 14.7. The molecule has 0 aliphatic carbocycles. The van der Waals surface area contributed by atoms with Crippen molar-refractivity contribution in [2.24, 2.45) is 0 Å². The van der Waals surface area contributed by atoms with Crippen LogP contribution < -0.4 is 25.4 Å². The molecule has 1 aromatic heterocycles. The van der Waals surface area contributed by atoms with Gasteiger partial charge in [0.1, 0.15) is 11.5 Å². The lowest BCUT2D eigenvalue weighted by Gasteiger charge is -2.19. The van der Waals surface area contributed by atoms with Gasteiger partial charge in [-0.3, -0.25) is 10.1 Å². The van der Waals surface area contributed by atoms with E-state index in [1.165, 1.54) is 14.2 Å². The summed E-state index contributed by atoms with van der Waals surface area (Å²) in [5, 5.41) is 14.6. The normalized spacial score (nSPS) is 10.4. The summed E-state index contributed by atoms with van der Waals surface area (Å²) in [5.41, 5.74) is 6.97. The van der Waals surface area contributed by atoms with Crippen molar-refractivity contribution in [2.45, 2.75) is 6.54 Å². The van der Waals surface area contributed by atoms with Crippen LogP contribution in [0.1, 0.15) is 5.56 Å². The van der Waals surface area contributed by atoms with Crippen LogP contribution >= 0.6 is 0 Å². The van der Waals surface area contributed by atoms with Crippen molar-refractivity contribution >= 4 is 29.0 Å². The molecule has 0 spiro atoms. The van der Waals surface area contributed by atoms with E-state index in [4.69, 9.17) is 15.2 Å². The van der Waals surface area contributed by atoms with Crippen LogP contribution in [-0.4, -0.2) is 36.2 Å². The van der Waals surface area contributed by atoms with Gasteiger partial charge < -0.3 is 25.4 Å². The predicted molar refractivity (Wildman–Crippen MR) is 114 cm³/mol. The molecule has 0 amide bonds. The van der Waals surface area contributed by atoms with E-state index in [2.05, 4.69) is 15.3 Å². The van der Waals surface area contributed by atoms with Gasteiger partial charge in [0.2, 0.25) is 17.6 Å². The van der Waals surface area contributed by atoms with Gasteiger partial charge >= 0.3 is 5.69 Å². The zero-order valence-electron chi connectivity index (χ0n) is 16.8. The number of nitrogens with zero attached hydrogens (tertiary/aromatic N) is 4. The minimum absolute atomic E-state index is 0.0473. The average Bonchev–Trinajstić information content (AvgIpc) is 2.73. The Hall–Kier alpha value is -4.08. The number of hydrogen-bond acceptors (Lipinski definition) is 9. The quantitative estimate of drug-likeness (QED) is 0.424. The molecule has 10 nitrogen and oxygen atoms in total. The minimum atomic E-state index is -0.620. The zero-order valence-corrected chi connectivity index (χ0v) is 16.8. The molecule has 30 heavy (non-hydrogen) atoms. The van der Waals surface area contributed by atoms with E-state index in [9.17, 15) is 10.1 Å². The number of anilines is 4. The fourth-order valence-electron chi connectivity index (χ4n) is 2.87. The topological polar surface area (TPSA) is 129 Å². The minimum Gasteiger partial charge on any atom is -0.497 e. The third-order valence-electron chi connectivity index (χ3n) is 4.35. The number of hydrogen-bond donors (Lipinski definition) is 2. The summed E-state index contributed by atoms with van der Waals surface area (Å²) in [6.45, 7) is 0.500. The SMILES string of the molecule is COc1ccc(OC)c(Nc2nc(N(C)Cc3ccccc3)nc(N)c2[N+](=O)[O-])c1. The molecule has 0 fully saturated rings. The Morgan fingerprint density at radius 1 is 1.13 bits per heavy atom. The van der Waals surface area contributed by atoms with E-state index in [1.54, 1.807) is 30.1 Å². The molecule has 10 heteroatoms. The lowest BCUT2D eigenvalue weighted by Crippen LogP contribution is -2.20. The van der Waals surface area contributed by atoms with Gasteiger partial charge in [-0.1, -0.05) is 30.3 Å². The van der Waals surface area contributed by atoms with Crippen molar-refractivity contribution in [3.63, 3.8) is 0 Å². The van der Waals surface area contributed by atoms with Crippen LogP contribution in [0.25, 0.3) is 0 Å². The van der Waals surface area contributed by atoms with Crippen LogP contribution in [0.2, 0.25) is 0 Å². The third kappa shape index (κ3) is 4.49. The smallest absolute Gasteiger partial charge is 0.353 e. The van der Waals surface area contributed by atoms with Crippen LogP contribution in [0, 0.1) is 10.1 Å². The summed E-state index contributed by atoms with van der Waals surface area (Å²) in [4.78, 5) is 21.2. The fourth-order valence-corrected chi connectivity index (χ4v) is 2.87. The maximum atomic E-state index is 11.6. The molecular formula is C20H22N6O4. The van der Waals surface area contributed by atoms with Crippen LogP contribution in [0.3, 0.4) is 0 Å². The number of rotatable bonds is 8. The summed E-state index contributed by atoms with van der Waals surface area (Å²) >= 11 is 0. The van der Waals surface area contributed by atoms with Crippen molar-refractivity contribution in [3.8, 4) is 11.5 Å². The Morgan fingerprint density at radius 2 is 1.87 bits per heavy atom. The second kappa shape index (κ2) is 8.95. The van der Waals surface area contributed by atoms with Gasteiger partial charge in [-0.25, -0.2) is 0 Å². The second-order valence-corrected chi connectivity index (χ2v) is 6.40. The Balaban J connectivity index is 2.01. The van der Waals surface area contributed by atoms with Gasteiger partial charge in [0.05, 0.1) is 24.8 Å². The predicted octanol–water partition coefficient (Wildman–Crippen LogP) is 3.36. The Bertz CT molecular complexity index is 1040. The standard InChI is InChI=1S/C20H22N6O4/c1-25(12-13-7-5-4-6-8-13)20-23-18(21)17(26(27)28)19(24-20)22-15-11-14(29-2)9-10-16(15)30-3/h4-11H,12H2,1-3H3,(H3,21,22,23,24). The monoisotopic (exact) mass is 410 g/mol. The second-order valence-electron chi connectivity index (χ2n) is 6.40. The number of benzene rings is 2. The number of aromatic nitrogens is 2. The van der Waals surface area contributed by atoms with Gasteiger partial charge in [-0.05, 0) is 17.7 Å². The lowest BCUT2D eigenvalue weighted by atomic mass is 10.2. The number of nitrogen functional groups attached to an aromatic ring is 1. The van der Waals surface area contributed by atoms with Gasteiger partial charge in [0.25, 0.3) is 0 Å². The molecule has 0 aliphatic heterocycles. The molecule has 0 saturated carbocycles. The number of nitrogens with one attached hydrogen (secondary N) is 1. The van der Waals surface area contributed by atoms with Gasteiger partial charge in [-0.2, -0.15) is 9.97 Å². The average molecular weight is 410 g/mol. The molecule has 2 aromatic carbocycles. The van der Waals surface area contributed by atoms with Crippen molar-refractivity contribution in [2.75, 3.05) is 37.2 Å². The molecule has 0 saturated heterocycles. The molecule has 0 atom stereocenters. The van der Waals surface area contributed by atoms with Gasteiger partial charge in [0.15, 0.2) is 0 Å². The van der Waals surface area contributed by atoms with Crippen LogP contribution in [0.5, 0.6) is 11.5 Å². The molecule has 3 N–H and O–H groups in total. The zero-order chi connectivity index (χ0) is 21.7. The molecule has 156 valence electrons. The molecule has 0 radical (unpaired) electrons. The first kappa shape index (κ1) is 20.6. The summed E-state index contributed by atoms with van der Waals surface area (Å²) < 4.78 is 10.6. The van der Waals surface area contributed by atoms with E-state index in [0.717, 1.165) is 5.56 Å². The van der Waals surface area contributed by atoms with E-state index in [0.29, 0.717) is 23.7 Å². The number of nitro groups is 1. The highest BCUT2D eigenvalue weighted by molar-refractivity contribution is 5.77. The summed E-state index contributed by atoms with van der Waals surface area (Å²) in [5.74, 6) is 0.959. The van der Waals surface area contributed by atoms with Crippen LogP contribution in [-0.2, 0) is 6.54 Å². The largest absolute Gasteiger partial charge is 0.497 e. The van der Waals surface area contributed by atoms with Crippen LogP contribution in [0.4, 0.5) is 29.0 Å². The fraction of sp³-hybridized carbons (Fsp3) is 0.200. The molecule has 0 aliphatic rings. The van der Waals surface area contributed by atoms with Gasteiger partial charge in [0, 0.05) is 19.7 Å². The molecule has 0 bridgehead atoms. The Kier molecular flexibility index (Phi) is 6.16. The van der Waals surface area contributed by atoms with Crippen molar-refractivity contribution in [3.05, 3.63) is 64.2 Å². The maximum absolute atomic E-state index is 11.6. The van der Waals surface area contributed by atoms with Gasteiger partial charge in [-0.15, -0.1) is 0 Å². The number of methoxy groups -OCH3 is 2. The lowest BCUT2D eigenvalue weighted by molar-refractivity contribution is -0.383. The highest BCUT2D eigenvalue weighted by atomic mass is 16.6. The van der Waals surface area contributed by atoms with E-state index in [1.807, 2.05) is 30.3 Å². The van der Waals surface area contributed by atoms with Crippen molar-refractivity contribution in [1.29, 1.82) is 0 Å². The van der Waals surface area contributed by atoms with E-state index in [-0.39, 0.29) is 17.6 Å². The molecule has 3 aromatic rings. The molecule has 1 heterocycles. The van der Waals surface area contributed by atoms with E-state index >= 15 is 0 Å².